The van der Waals surface area contributed by atoms with Crippen LogP contribution in [0.4, 0.5) is 0 Å². The molecule has 1 aliphatic rings. The smallest absolute Gasteiger partial charge is 0.229 e. The van der Waals surface area contributed by atoms with Crippen LogP contribution >= 0.6 is 0 Å². The molecule has 28 heavy (non-hydrogen) atoms. The summed E-state index contributed by atoms with van der Waals surface area (Å²) in [5, 5.41) is 6.53. The molecule has 0 aromatic heterocycles. The molecule has 150 valence electrons. The molecule has 0 radical (unpaired) electrons. The van der Waals surface area contributed by atoms with Crippen LogP contribution in [0.15, 0.2) is 48.5 Å². The third-order valence-electron chi connectivity index (χ3n) is 5.64. The minimum atomic E-state index is -0.439. The van der Waals surface area contributed by atoms with Crippen LogP contribution in [0.3, 0.4) is 0 Å². The Balaban J connectivity index is 1.72. The molecule has 1 fully saturated rings. The van der Waals surface area contributed by atoms with E-state index >= 15 is 0 Å². The molecule has 2 N–H and O–H groups in total. The summed E-state index contributed by atoms with van der Waals surface area (Å²) in [6, 6.07) is 16.2. The van der Waals surface area contributed by atoms with E-state index in [1.165, 1.54) is 0 Å². The number of rotatable bonds is 7. The van der Waals surface area contributed by atoms with Gasteiger partial charge in [0.15, 0.2) is 0 Å². The van der Waals surface area contributed by atoms with Gasteiger partial charge in [0, 0.05) is 12.7 Å². The van der Waals surface area contributed by atoms with Crippen molar-refractivity contribution in [3.8, 4) is 16.9 Å². The minimum absolute atomic E-state index is 0.0668. The first-order chi connectivity index (χ1) is 13.6. The standard InChI is InChI=1S/C23H30N2O3/c1-17(25-22(26)23(16-27-2)12-14-24-15-13-23)18-8-10-19(11-9-18)20-6-4-5-7-21(20)28-3/h4-11,17,24H,12-16H2,1-3H3,(H,25,26). The van der Waals surface area contributed by atoms with Crippen molar-refractivity contribution in [2.45, 2.75) is 25.8 Å². The van der Waals surface area contributed by atoms with Gasteiger partial charge in [-0.15, -0.1) is 0 Å². The molecule has 0 bridgehead atoms. The molecule has 0 saturated carbocycles. The summed E-state index contributed by atoms with van der Waals surface area (Å²) >= 11 is 0. The van der Waals surface area contributed by atoms with E-state index in [9.17, 15) is 4.79 Å². The number of ether oxygens (including phenoxy) is 2. The third kappa shape index (κ3) is 4.37. The van der Waals surface area contributed by atoms with Gasteiger partial charge in [0.1, 0.15) is 5.75 Å². The lowest BCUT2D eigenvalue weighted by molar-refractivity contribution is -0.136. The number of carbonyl (C=O) groups excluding carboxylic acids is 1. The summed E-state index contributed by atoms with van der Waals surface area (Å²) in [4.78, 5) is 13.0. The summed E-state index contributed by atoms with van der Waals surface area (Å²) in [5.74, 6) is 0.932. The van der Waals surface area contributed by atoms with Crippen LogP contribution in [-0.2, 0) is 9.53 Å². The maximum absolute atomic E-state index is 13.0. The van der Waals surface area contributed by atoms with Crippen molar-refractivity contribution < 1.29 is 14.3 Å². The summed E-state index contributed by atoms with van der Waals surface area (Å²) < 4.78 is 10.8. The van der Waals surface area contributed by atoms with Gasteiger partial charge in [-0.2, -0.15) is 0 Å². The second kappa shape index (κ2) is 9.22. The fraction of sp³-hybridized carbons (Fsp3) is 0.435. The highest BCUT2D eigenvalue weighted by atomic mass is 16.5. The number of hydrogen-bond donors (Lipinski definition) is 2. The Morgan fingerprint density at radius 2 is 1.79 bits per heavy atom. The molecule has 1 atom stereocenters. The monoisotopic (exact) mass is 382 g/mol. The van der Waals surface area contributed by atoms with Gasteiger partial charge in [0.2, 0.25) is 5.91 Å². The highest BCUT2D eigenvalue weighted by Gasteiger charge is 2.40. The van der Waals surface area contributed by atoms with Crippen molar-refractivity contribution in [3.63, 3.8) is 0 Å². The van der Waals surface area contributed by atoms with Gasteiger partial charge in [-0.3, -0.25) is 4.79 Å². The van der Waals surface area contributed by atoms with Crippen LogP contribution in [0, 0.1) is 5.41 Å². The van der Waals surface area contributed by atoms with E-state index < -0.39 is 5.41 Å². The lowest BCUT2D eigenvalue weighted by Crippen LogP contribution is -2.50. The van der Waals surface area contributed by atoms with Crippen LogP contribution < -0.4 is 15.4 Å². The molecular formula is C23H30N2O3. The van der Waals surface area contributed by atoms with Crippen molar-refractivity contribution in [3.05, 3.63) is 54.1 Å². The highest BCUT2D eigenvalue weighted by Crippen LogP contribution is 2.32. The first-order valence-electron chi connectivity index (χ1n) is 9.83. The SMILES string of the molecule is COCC1(C(=O)NC(C)c2ccc(-c3ccccc3OC)cc2)CCNCC1. The van der Waals surface area contributed by atoms with Crippen molar-refractivity contribution in [1.82, 2.24) is 10.6 Å². The van der Waals surface area contributed by atoms with Gasteiger partial charge in [-0.05, 0) is 50.0 Å². The second-order valence-corrected chi connectivity index (χ2v) is 7.48. The van der Waals surface area contributed by atoms with Crippen molar-refractivity contribution in [2.24, 2.45) is 5.41 Å². The van der Waals surface area contributed by atoms with Gasteiger partial charge >= 0.3 is 0 Å². The number of piperidine rings is 1. The predicted molar refractivity (Wildman–Crippen MR) is 111 cm³/mol. The Bertz CT molecular complexity index is 777. The molecule has 2 aromatic carbocycles. The van der Waals surface area contributed by atoms with Crippen LogP contribution in [-0.4, -0.2) is 39.8 Å². The highest BCUT2D eigenvalue weighted by molar-refractivity contribution is 5.83. The summed E-state index contributed by atoms with van der Waals surface area (Å²) in [7, 11) is 3.35. The third-order valence-corrected chi connectivity index (χ3v) is 5.64. The van der Waals surface area contributed by atoms with Crippen LogP contribution in [0.1, 0.15) is 31.4 Å². The Kier molecular flexibility index (Phi) is 6.70. The molecule has 1 heterocycles. The maximum atomic E-state index is 13.0. The van der Waals surface area contributed by atoms with Crippen LogP contribution in [0.2, 0.25) is 0 Å². The summed E-state index contributed by atoms with van der Waals surface area (Å²) in [6.45, 7) is 4.18. The van der Waals surface area contributed by atoms with Crippen molar-refractivity contribution in [2.75, 3.05) is 33.9 Å². The number of nitrogens with one attached hydrogen (secondary N) is 2. The Hall–Kier alpha value is -2.37. The molecule has 1 aliphatic heterocycles. The Morgan fingerprint density at radius 3 is 2.43 bits per heavy atom. The zero-order valence-corrected chi connectivity index (χ0v) is 17.0. The molecule has 3 rings (SSSR count). The van der Waals surface area contributed by atoms with Crippen LogP contribution in [0.5, 0.6) is 5.75 Å². The zero-order chi connectivity index (χ0) is 20.0. The molecule has 1 saturated heterocycles. The van der Waals surface area contributed by atoms with E-state index in [4.69, 9.17) is 9.47 Å². The van der Waals surface area contributed by atoms with E-state index in [0.29, 0.717) is 6.61 Å². The van der Waals surface area contributed by atoms with Crippen LogP contribution in [0.25, 0.3) is 11.1 Å². The molecular weight excluding hydrogens is 352 g/mol. The van der Waals surface area contributed by atoms with Gasteiger partial charge < -0.3 is 20.1 Å². The van der Waals surface area contributed by atoms with Gasteiger partial charge in [0.05, 0.1) is 25.2 Å². The number of benzene rings is 2. The molecule has 1 unspecified atom stereocenters. The number of methoxy groups -OCH3 is 2. The Morgan fingerprint density at radius 1 is 1.11 bits per heavy atom. The largest absolute Gasteiger partial charge is 0.496 e. The number of hydrogen-bond acceptors (Lipinski definition) is 4. The molecule has 5 heteroatoms. The lowest BCUT2D eigenvalue weighted by Gasteiger charge is -2.36. The fourth-order valence-corrected chi connectivity index (χ4v) is 3.89. The number of para-hydroxylation sites is 1. The molecule has 2 aromatic rings. The van der Waals surface area contributed by atoms with E-state index in [1.54, 1.807) is 14.2 Å². The van der Waals surface area contributed by atoms with Gasteiger partial charge in [-0.1, -0.05) is 42.5 Å². The topological polar surface area (TPSA) is 59.6 Å². The Labute approximate surface area is 167 Å². The predicted octanol–water partition coefficient (Wildman–Crippen LogP) is 3.56. The van der Waals surface area contributed by atoms with E-state index in [-0.39, 0.29) is 11.9 Å². The van der Waals surface area contributed by atoms with Gasteiger partial charge in [-0.25, -0.2) is 0 Å². The molecule has 1 amide bonds. The number of carbonyl (C=O) groups is 1. The second-order valence-electron chi connectivity index (χ2n) is 7.48. The first kappa shape index (κ1) is 20.4. The summed E-state index contributed by atoms with van der Waals surface area (Å²) in [5.41, 5.74) is 2.79. The van der Waals surface area contributed by atoms with E-state index in [0.717, 1.165) is 48.4 Å². The zero-order valence-electron chi connectivity index (χ0n) is 17.0. The van der Waals surface area contributed by atoms with E-state index in [1.807, 2.05) is 31.2 Å². The van der Waals surface area contributed by atoms with E-state index in [2.05, 4.69) is 34.9 Å². The first-order valence-corrected chi connectivity index (χ1v) is 9.83. The fourth-order valence-electron chi connectivity index (χ4n) is 3.89. The maximum Gasteiger partial charge on any atom is 0.229 e. The minimum Gasteiger partial charge on any atom is -0.496 e. The van der Waals surface area contributed by atoms with Gasteiger partial charge in [0.25, 0.3) is 0 Å². The molecule has 5 nitrogen and oxygen atoms in total. The average Bonchev–Trinajstić information content (AvgIpc) is 2.74. The lowest BCUT2D eigenvalue weighted by atomic mass is 9.78. The molecule has 0 spiro atoms. The van der Waals surface area contributed by atoms with Crippen molar-refractivity contribution in [1.29, 1.82) is 0 Å². The summed E-state index contributed by atoms with van der Waals surface area (Å²) in [6.07, 6.45) is 1.60. The number of amides is 1. The quantitative estimate of drug-likeness (QED) is 0.769. The molecule has 0 aliphatic carbocycles. The average molecular weight is 383 g/mol. The van der Waals surface area contributed by atoms with Crippen molar-refractivity contribution >= 4 is 5.91 Å². The normalized spacial score (nSPS) is 17.0.